The molecule has 4 unspecified atom stereocenters. The van der Waals surface area contributed by atoms with Crippen molar-refractivity contribution in [3.63, 3.8) is 0 Å². The molecule has 3 saturated carbocycles. The van der Waals surface area contributed by atoms with E-state index in [0.717, 1.165) is 12.8 Å². The Hall–Kier alpha value is -2.24. The van der Waals surface area contributed by atoms with E-state index in [4.69, 9.17) is 0 Å². The van der Waals surface area contributed by atoms with Crippen molar-refractivity contribution in [2.24, 2.45) is 35.5 Å². The number of carbonyl (C=O) groups is 4. The molecule has 4 amide bonds. The second kappa shape index (κ2) is 5.13. The number of rotatable bonds is 4. The van der Waals surface area contributed by atoms with Gasteiger partial charge in [-0.25, -0.2) is 0 Å². The van der Waals surface area contributed by atoms with Gasteiger partial charge in [0.05, 0.1) is 23.7 Å². The molecule has 4 atom stereocenters. The van der Waals surface area contributed by atoms with Crippen molar-refractivity contribution in [1.82, 2.24) is 9.80 Å². The normalized spacial score (nSPS) is 40.2. The van der Waals surface area contributed by atoms with E-state index in [2.05, 4.69) is 13.2 Å². The Bertz CT molecular complexity index is 583. The van der Waals surface area contributed by atoms with Gasteiger partial charge in [0.15, 0.2) is 0 Å². The zero-order valence-electron chi connectivity index (χ0n) is 13.4. The molecule has 126 valence electrons. The summed E-state index contributed by atoms with van der Waals surface area (Å²) >= 11 is 0. The summed E-state index contributed by atoms with van der Waals surface area (Å²) in [4.78, 5) is 53.5. The lowest BCUT2D eigenvalue weighted by Crippen LogP contribution is -2.53. The van der Waals surface area contributed by atoms with E-state index in [-0.39, 0.29) is 48.6 Å². The van der Waals surface area contributed by atoms with Crippen molar-refractivity contribution in [3.05, 3.63) is 25.3 Å². The van der Waals surface area contributed by atoms with Gasteiger partial charge in [-0.15, -0.1) is 13.2 Å². The van der Waals surface area contributed by atoms with Gasteiger partial charge in [-0.05, 0) is 24.7 Å². The second-order valence-electron chi connectivity index (χ2n) is 7.16. The molecular formula is C18H20N2O4. The average Bonchev–Trinajstić information content (AvgIpc) is 2.99. The Labute approximate surface area is 140 Å². The molecule has 5 aliphatic rings. The van der Waals surface area contributed by atoms with Crippen LogP contribution in [0.3, 0.4) is 0 Å². The number of likely N-dealkylation sites (tertiary alicyclic amines) is 2. The highest BCUT2D eigenvalue weighted by atomic mass is 16.2. The molecule has 0 aromatic carbocycles. The van der Waals surface area contributed by atoms with Gasteiger partial charge in [-0.2, -0.15) is 0 Å². The van der Waals surface area contributed by atoms with Crippen molar-refractivity contribution >= 4 is 23.6 Å². The number of imide groups is 2. The molecule has 0 radical (unpaired) electrons. The summed E-state index contributed by atoms with van der Waals surface area (Å²) in [6.45, 7) is 7.61. The first-order valence-corrected chi connectivity index (χ1v) is 8.45. The molecule has 0 aromatic heterocycles. The van der Waals surface area contributed by atoms with Gasteiger partial charge in [0.1, 0.15) is 0 Å². The summed E-state index contributed by atoms with van der Waals surface area (Å²) in [5.41, 5.74) is 0. The van der Waals surface area contributed by atoms with E-state index in [9.17, 15) is 19.2 Å². The SMILES string of the molecule is C=CCN1C(=O)C2C3CCC(C2C1=O)C1C(=O)N(CC=C)C(=O)C31. The second-order valence-corrected chi connectivity index (χ2v) is 7.16. The van der Waals surface area contributed by atoms with E-state index in [1.165, 1.54) is 22.0 Å². The molecule has 6 heteroatoms. The number of fused-ring (bicyclic) bond motifs is 1. The highest BCUT2D eigenvalue weighted by Gasteiger charge is 2.69. The Morgan fingerprint density at radius 2 is 1.00 bits per heavy atom. The summed E-state index contributed by atoms with van der Waals surface area (Å²) in [6, 6.07) is 0. The van der Waals surface area contributed by atoms with Crippen LogP contribution in [0.25, 0.3) is 0 Å². The van der Waals surface area contributed by atoms with Crippen LogP contribution in [0.5, 0.6) is 0 Å². The highest BCUT2D eigenvalue weighted by Crippen LogP contribution is 2.60. The summed E-state index contributed by atoms with van der Waals surface area (Å²) in [5.74, 6) is -2.97. The minimum atomic E-state index is -0.446. The predicted octanol–water partition coefficient (Wildman–Crippen LogP) is 0.601. The Kier molecular flexibility index (Phi) is 3.27. The molecule has 5 fully saturated rings. The van der Waals surface area contributed by atoms with E-state index in [1.54, 1.807) is 0 Å². The Morgan fingerprint density at radius 3 is 1.25 bits per heavy atom. The molecule has 2 bridgehead atoms. The van der Waals surface area contributed by atoms with Gasteiger partial charge in [-0.3, -0.25) is 29.0 Å². The first-order valence-electron chi connectivity index (χ1n) is 8.45. The van der Waals surface area contributed by atoms with E-state index in [0.29, 0.717) is 0 Å². The van der Waals surface area contributed by atoms with Crippen LogP contribution in [0.1, 0.15) is 12.8 Å². The average molecular weight is 328 g/mol. The maximum absolute atomic E-state index is 12.7. The third-order valence-electron chi connectivity index (χ3n) is 6.28. The molecule has 5 rings (SSSR count). The molecule has 0 N–H and O–H groups in total. The lowest BCUT2D eigenvalue weighted by atomic mass is 9.51. The molecule has 3 aliphatic carbocycles. The van der Waals surface area contributed by atoms with Gasteiger partial charge >= 0.3 is 0 Å². The number of amides is 4. The van der Waals surface area contributed by atoms with Crippen LogP contribution in [-0.2, 0) is 19.2 Å². The molecule has 2 saturated heterocycles. The Balaban J connectivity index is 1.74. The standard InChI is InChI=1S/C18H20N2O4/c1-3-7-19-15(21)11-9-5-6-10(12(11)16(19)22)14-13(9)17(23)20(8-4-2)18(14)24/h3-4,9-14H,1-2,5-8H2. The zero-order valence-corrected chi connectivity index (χ0v) is 13.4. The minimum absolute atomic E-state index is 0.194. The summed E-state index contributed by atoms with van der Waals surface area (Å²) in [6.07, 6.45) is 4.54. The summed E-state index contributed by atoms with van der Waals surface area (Å²) in [5, 5.41) is 0. The molecule has 0 spiro atoms. The topological polar surface area (TPSA) is 74.8 Å². The fourth-order valence-corrected chi connectivity index (χ4v) is 5.52. The number of hydrogen-bond donors (Lipinski definition) is 0. The highest BCUT2D eigenvalue weighted by molar-refractivity contribution is 6.10. The van der Waals surface area contributed by atoms with Gasteiger partial charge in [0.25, 0.3) is 0 Å². The van der Waals surface area contributed by atoms with Crippen molar-refractivity contribution < 1.29 is 19.2 Å². The maximum Gasteiger partial charge on any atom is 0.233 e. The van der Waals surface area contributed by atoms with Gasteiger partial charge in [0.2, 0.25) is 23.6 Å². The van der Waals surface area contributed by atoms with E-state index in [1.807, 2.05) is 0 Å². The molecular weight excluding hydrogens is 308 g/mol. The lowest BCUT2D eigenvalue weighted by molar-refractivity contribution is -0.148. The molecule has 6 nitrogen and oxygen atoms in total. The van der Waals surface area contributed by atoms with Gasteiger partial charge in [-0.1, -0.05) is 12.2 Å². The number of carbonyl (C=O) groups excluding carboxylic acids is 4. The van der Waals surface area contributed by atoms with Crippen LogP contribution >= 0.6 is 0 Å². The number of hydrogen-bond acceptors (Lipinski definition) is 4. The largest absolute Gasteiger partial charge is 0.278 e. The molecule has 2 aliphatic heterocycles. The third-order valence-corrected chi connectivity index (χ3v) is 6.28. The summed E-state index contributed by atoms with van der Waals surface area (Å²) < 4.78 is 0. The first kappa shape index (κ1) is 15.3. The van der Waals surface area contributed by atoms with Crippen molar-refractivity contribution in [3.8, 4) is 0 Å². The maximum atomic E-state index is 12.7. The summed E-state index contributed by atoms with van der Waals surface area (Å²) in [7, 11) is 0. The van der Waals surface area contributed by atoms with Crippen molar-refractivity contribution in [2.45, 2.75) is 12.8 Å². The predicted molar refractivity (Wildman–Crippen MR) is 84.0 cm³/mol. The number of nitrogens with zero attached hydrogens (tertiary/aromatic N) is 2. The molecule has 2 heterocycles. The fourth-order valence-electron chi connectivity index (χ4n) is 5.52. The Morgan fingerprint density at radius 1 is 0.708 bits per heavy atom. The fraction of sp³-hybridized carbons (Fsp3) is 0.556. The van der Waals surface area contributed by atoms with Crippen LogP contribution < -0.4 is 0 Å². The minimum Gasteiger partial charge on any atom is -0.278 e. The smallest absolute Gasteiger partial charge is 0.233 e. The molecule has 0 aromatic rings. The van der Waals surface area contributed by atoms with Crippen LogP contribution in [0.15, 0.2) is 25.3 Å². The lowest BCUT2D eigenvalue weighted by Gasteiger charge is -2.48. The monoisotopic (exact) mass is 328 g/mol. The molecule has 24 heavy (non-hydrogen) atoms. The van der Waals surface area contributed by atoms with Crippen molar-refractivity contribution in [1.29, 1.82) is 0 Å². The van der Waals surface area contributed by atoms with Crippen molar-refractivity contribution in [2.75, 3.05) is 13.1 Å². The van der Waals surface area contributed by atoms with Crippen LogP contribution in [0.4, 0.5) is 0 Å². The van der Waals surface area contributed by atoms with Crippen LogP contribution in [0, 0.1) is 35.5 Å². The van der Waals surface area contributed by atoms with Gasteiger partial charge in [0, 0.05) is 13.1 Å². The van der Waals surface area contributed by atoms with Crippen LogP contribution in [-0.4, -0.2) is 46.5 Å². The zero-order chi connectivity index (χ0) is 17.2. The third kappa shape index (κ3) is 1.66. The van der Waals surface area contributed by atoms with Gasteiger partial charge < -0.3 is 0 Å². The quantitative estimate of drug-likeness (QED) is 0.559. The van der Waals surface area contributed by atoms with E-state index < -0.39 is 23.7 Å². The van der Waals surface area contributed by atoms with E-state index >= 15 is 0 Å². The first-order chi connectivity index (χ1) is 11.5. The van der Waals surface area contributed by atoms with Crippen LogP contribution in [0.2, 0.25) is 0 Å².